The predicted molar refractivity (Wildman–Crippen MR) is 86.0 cm³/mol. The highest BCUT2D eigenvalue weighted by Crippen LogP contribution is 2.35. The van der Waals surface area contributed by atoms with Crippen LogP contribution >= 0.6 is 11.8 Å². The molecule has 22 heavy (non-hydrogen) atoms. The summed E-state index contributed by atoms with van der Waals surface area (Å²) in [7, 11) is 0. The molecule has 1 fully saturated rings. The minimum absolute atomic E-state index is 0.309. The average molecular weight is 306 g/mol. The smallest absolute Gasteiger partial charge is 0.268 e. The van der Waals surface area contributed by atoms with Gasteiger partial charge in [0.25, 0.3) is 11.1 Å². The maximum Gasteiger partial charge on any atom is 0.298 e. The van der Waals surface area contributed by atoms with Gasteiger partial charge in [0.2, 0.25) is 0 Å². The van der Waals surface area contributed by atoms with Gasteiger partial charge >= 0.3 is 0 Å². The lowest BCUT2D eigenvalue weighted by Crippen LogP contribution is -2.27. The van der Waals surface area contributed by atoms with Gasteiger partial charge in [0, 0.05) is 0 Å². The van der Waals surface area contributed by atoms with E-state index in [1.54, 1.807) is 54.6 Å². The Bertz CT molecular complexity index is 805. The van der Waals surface area contributed by atoms with Gasteiger partial charge < -0.3 is 0 Å². The zero-order chi connectivity index (χ0) is 15.5. The Balaban J connectivity index is 1.90. The number of para-hydroxylation sites is 1. The largest absolute Gasteiger partial charge is 0.298 e. The number of nitrogens with zero attached hydrogens (tertiary/aromatic N) is 2. The van der Waals surface area contributed by atoms with Crippen molar-refractivity contribution in [3.05, 3.63) is 70.6 Å². The highest BCUT2D eigenvalue weighted by atomic mass is 32.2. The van der Waals surface area contributed by atoms with Gasteiger partial charge in [-0.25, -0.2) is 4.90 Å². The van der Waals surface area contributed by atoms with Gasteiger partial charge in [-0.05, 0) is 47.7 Å². The van der Waals surface area contributed by atoms with Crippen molar-refractivity contribution in [1.82, 2.24) is 0 Å². The van der Waals surface area contributed by atoms with Crippen LogP contribution in [0, 0.1) is 11.3 Å². The number of imide groups is 1. The van der Waals surface area contributed by atoms with Crippen LogP contribution in [0.1, 0.15) is 11.1 Å². The first-order chi connectivity index (χ1) is 10.7. The molecule has 2 amide bonds. The Labute approximate surface area is 131 Å². The van der Waals surface area contributed by atoms with E-state index in [-0.39, 0.29) is 11.1 Å². The number of thioether (sulfide) groups is 1. The molecule has 3 rings (SSSR count). The summed E-state index contributed by atoms with van der Waals surface area (Å²) in [6.45, 7) is 0. The molecule has 0 atom stereocenters. The van der Waals surface area contributed by atoms with Crippen LogP contribution in [0.2, 0.25) is 0 Å². The first-order valence-corrected chi connectivity index (χ1v) is 7.34. The minimum Gasteiger partial charge on any atom is -0.268 e. The monoisotopic (exact) mass is 306 g/mol. The Morgan fingerprint density at radius 3 is 2.32 bits per heavy atom. The molecule has 2 aromatic rings. The molecule has 1 saturated heterocycles. The van der Waals surface area contributed by atoms with E-state index in [0.717, 1.165) is 17.3 Å². The second-order valence-electron chi connectivity index (χ2n) is 4.59. The fraction of sp³-hybridized carbons (Fsp3) is 0. The van der Waals surface area contributed by atoms with Gasteiger partial charge in [-0.2, -0.15) is 5.26 Å². The van der Waals surface area contributed by atoms with Crippen molar-refractivity contribution < 1.29 is 9.59 Å². The van der Waals surface area contributed by atoms with Gasteiger partial charge in [0.05, 0.1) is 22.2 Å². The second-order valence-corrected chi connectivity index (χ2v) is 5.58. The lowest BCUT2D eigenvalue weighted by molar-refractivity contribution is -0.113. The number of rotatable bonds is 2. The van der Waals surface area contributed by atoms with Crippen LogP contribution in [-0.2, 0) is 4.79 Å². The number of benzene rings is 2. The van der Waals surface area contributed by atoms with Crippen molar-refractivity contribution in [2.24, 2.45) is 0 Å². The fourth-order valence-electron chi connectivity index (χ4n) is 2.07. The molecule has 0 unspecified atom stereocenters. The van der Waals surface area contributed by atoms with Crippen LogP contribution in [0.15, 0.2) is 59.5 Å². The number of carbonyl (C=O) groups excluding carboxylic acids is 2. The highest BCUT2D eigenvalue weighted by Gasteiger charge is 2.36. The topological polar surface area (TPSA) is 61.2 Å². The van der Waals surface area contributed by atoms with Gasteiger partial charge in [0.15, 0.2) is 0 Å². The quantitative estimate of drug-likeness (QED) is 0.792. The molecular formula is C17H10N2O2S. The highest BCUT2D eigenvalue weighted by molar-refractivity contribution is 8.19. The van der Waals surface area contributed by atoms with E-state index in [2.05, 4.69) is 0 Å². The molecule has 0 saturated carbocycles. The molecule has 0 radical (unpaired) electrons. The van der Waals surface area contributed by atoms with Gasteiger partial charge in [-0.15, -0.1) is 0 Å². The number of hydrogen-bond donors (Lipinski definition) is 0. The first kappa shape index (κ1) is 14.1. The Hall–Kier alpha value is -2.84. The van der Waals surface area contributed by atoms with E-state index in [4.69, 9.17) is 5.26 Å². The molecule has 1 heterocycles. The van der Waals surface area contributed by atoms with E-state index in [9.17, 15) is 9.59 Å². The summed E-state index contributed by atoms with van der Waals surface area (Å²) >= 11 is 0.915. The minimum atomic E-state index is -0.328. The number of amides is 2. The predicted octanol–water partition coefficient (Wildman–Crippen LogP) is 3.80. The van der Waals surface area contributed by atoms with Crippen molar-refractivity contribution in [2.75, 3.05) is 4.90 Å². The second kappa shape index (κ2) is 5.88. The summed E-state index contributed by atoms with van der Waals surface area (Å²) in [5.74, 6) is -0.328. The normalized spacial score (nSPS) is 16.1. The van der Waals surface area contributed by atoms with Crippen LogP contribution < -0.4 is 4.90 Å². The molecule has 0 aliphatic carbocycles. The molecule has 106 valence electrons. The van der Waals surface area contributed by atoms with Crippen molar-refractivity contribution >= 4 is 34.7 Å². The Morgan fingerprint density at radius 2 is 1.68 bits per heavy atom. The molecule has 1 aliphatic heterocycles. The van der Waals surface area contributed by atoms with E-state index in [0.29, 0.717) is 16.2 Å². The lowest BCUT2D eigenvalue weighted by Gasteiger charge is -2.11. The average Bonchev–Trinajstić information content (AvgIpc) is 2.83. The summed E-state index contributed by atoms with van der Waals surface area (Å²) in [5, 5.41) is 8.47. The van der Waals surface area contributed by atoms with Crippen LogP contribution in [0.3, 0.4) is 0 Å². The summed E-state index contributed by atoms with van der Waals surface area (Å²) < 4.78 is 0. The third-order valence-corrected chi connectivity index (χ3v) is 4.02. The molecule has 0 spiro atoms. The van der Waals surface area contributed by atoms with Crippen molar-refractivity contribution in [2.45, 2.75) is 0 Å². The van der Waals surface area contributed by atoms with Crippen LogP contribution in [0.25, 0.3) is 6.08 Å². The van der Waals surface area contributed by atoms with Crippen molar-refractivity contribution in [3.8, 4) is 6.07 Å². The van der Waals surface area contributed by atoms with Gasteiger partial charge in [-0.1, -0.05) is 30.3 Å². The Kier molecular flexibility index (Phi) is 3.77. The molecule has 2 aromatic carbocycles. The third kappa shape index (κ3) is 2.65. The van der Waals surface area contributed by atoms with E-state index >= 15 is 0 Å². The molecule has 0 aromatic heterocycles. The van der Waals surface area contributed by atoms with E-state index in [1.807, 2.05) is 12.1 Å². The number of anilines is 1. The Morgan fingerprint density at radius 1 is 1.00 bits per heavy atom. The van der Waals surface area contributed by atoms with Gasteiger partial charge in [0.1, 0.15) is 0 Å². The van der Waals surface area contributed by atoms with Crippen molar-refractivity contribution in [1.29, 1.82) is 5.26 Å². The standard InChI is InChI=1S/C17H10N2O2S/c18-11-13-8-6-12(7-9-13)10-15-16(20)19(17(21)22-15)14-4-2-1-3-5-14/h1-10H. The first-order valence-electron chi connectivity index (χ1n) is 6.52. The van der Waals surface area contributed by atoms with Gasteiger partial charge in [-0.3, -0.25) is 9.59 Å². The SMILES string of the molecule is N#Cc1ccc(C=C2SC(=O)N(c3ccccc3)C2=O)cc1. The van der Waals surface area contributed by atoms with Crippen LogP contribution in [-0.4, -0.2) is 11.1 Å². The fourth-order valence-corrected chi connectivity index (χ4v) is 2.91. The lowest BCUT2D eigenvalue weighted by atomic mass is 10.1. The van der Waals surface area contributed by atoms with Crippen LogP contribution in [0.5, 0.6) is 0 Å². The zero-order valence-corrected chi connectivity index (χ0v) is 12.2. The van der Waals surface area contributed by atoms with Crippen molar-refractivity contribution in [3.63, 3.8) is 0 Å². The molecule has 4 nitrogen and oxygen atoms in total. The molecule has 0 N–H and O–H groups in total. The summed E-state index contributed by atoms with van der Waals surface area (Å²) in [5.41, 5.74) is 1.89. The summed E-state index contributed by atoms with van der Waals surface area (Å²) in [4.78, 5) is 26.0. The molecule has 5 heteroatoms. The maximum atomic E-state index is 12.4. The van der Waals surface area contributed by atoms with Crippen LogP contribution in [0.4, 0.5) is 10.5 Å². The zero-order valence-electron chi connectivity index (χ0n) is 11.4. The number of carbonyl (C=O) groups is 2. The number of nitriles is 1. The van der Waals surface area contributed by atoms with E-state index < -0.39 is 0 Å². The maximum absolute atomic E-state index is 12.4. The third-order valence-electron chi connectivity index (χ3n) is 3.15. The molecular weight excluding hydrogens is 296 g/mol. The summed E-state index contributed by atoms with van der Waals surface area (Å²) in [6.07, 6.45) is 1.66. The summed E-state index contributed by atoms with van der Waals surface area (Å²) in [6, 6.07) is 17.7. The van der Waals surface area contributed by atoms with E-state index in [1.165, 1.54) is 4.90 Å². The molecule has 0 bridgehead atoms. The molecule has 1 aliphatic rings. The number of hydrogen-bond acceptors (Lipinski definition) is 4.